The minimum absolute atomic E-state index is 0.515. The summed E-state index contributed by atoms with van der Waals surface area (Å²) in [7, 11) is 2.31. The summed E-state index contributed by atoms with van der Waals surface area (Å²) in [6.07, 6.45) is 7.07. The van der Waals surface area contributed by atoms with Crippen molar-refractivity contribution >= 4 is 0 Å². The van der Waals surface area contributed by atoms with Gasteiger partial charge in [-0.15, -0.1) is 0 Å². The lowest BCUT2D eigenvalue weighted by atomic mass is 9.90. The molecule has 1 saturated heterocycles. The van der Waals surface area contributed by atoms with Gasteiger partial charge in [0.15, 0.2) is 0 Å². The van der Waals surface area contributed by atoms with Crippen molar-refractivity contribution in [2.45, 2.75) is 58.0 Å². The van der Waals surface area contributed by atoms with Gasteiger partial charge in [0, 0.05) is 25.2 Å². The van der Waals surface area contributed by atoms with Crippen molar-refractivity contribution in [3.05, 3.63) is 0 Å². The number of rotatable bonds is 3. The van der Waals surface area contributed by atoms with Crippen molar-refractivity contribution in [3.63, 3.8) is 0 Å². The molecular formula is C13H26N2. The highest BCUT2D eigenvalue weighted by Crippen LogP contribution is 2.29. The zero-order valence-electron chi connectivity index (χ0n) is 10.6. The minimum Gasteiger partial charge on any atom is -0.312 e. The number of hydrogen-bond acceptors (Lipinski definition) is 2. The van der Waals surface area contributed by atoms with Crippen LogP contribution in [-0.4, -0.2) is 37.1 Å². The van der Waals surface area contributed by atoms with E-state index in [0.717, 1.165) is 12.1 Å². The second-order valence-corrected chi connectivity index (χ2v) is 6.32. The fourth-order valence-electron chi connectivity index (χ4n) is 3.20. The maximum atomic E-state index is 3.66. The number of likely N-dealkylation sites (N-methyl/N-ethyl adjacent to an activating group) is 1. The third-order valence-corrected chi connectivity index (χ3v) is 4.12. The first-order valence-electron chi connectivity index (χ1n) is 6.50. The Bertz CT molecular complexity index is 207. The van der Waals surface area contributed by atoms with Gasteiger partial charge in [0.1, 0.15) is 0 Å². The highest BCUT2D eigenvalue weighted by Gasteiger charge is 2.32. The lowest BCUT2D eigenvalue weighted by Crippen LogP contribution is -2.39. The lowest BCUT2D eigenvalue weighted by Gasteiger charge is -2.27. The number of nitrogens with zero attached hydrogens (tertiary/aromatic N) is 1. The molecule has 1 N–H and O–H groups in total. The van der Waals surface area contributed by atoms with Crippen LogP contribution in [0.1, 0.15) is 46.0 Å². The fourth-order valence-corrected chi connectivity index (χ4v) is 3.20. The number of hydrogen-bond donors (Lipinski definition) is 1. The quantitative estimate of drug-likeness (QED) is 0.768. The van der Waals surface area contributed by atoms with Gasteiger partial charge >= 0.3 is 0 Å². The van der Waals surface area contributed by atoms with E-state index in [9.17, 15) is 0 Å². The van der Waals surface area contributed by atoms with Crippen molar-refractivity contribution in [2.24, 2.45) is 5.41 Å². The largest absolute Gasteiger partial charge is 0.312 e. The molecule has 0 spiro atoms. The highest BCUT2D eigenvalue weighted by molar-refractivity contribution is 4.90. The topological polar surface area (TPSA) is 15.3 Å². The molecule has 15 heavy (non-hydrogen) atoms. The first kappa shape index (κ1) is 11.4. The SMILES string of the molecule is CN(CC1CC(C)(C)CN1)C1CCCC1. The highest BCUT2D eigenvalue weighted by atomic mass is 15.2. The van der Waals surface area contributed by atoms with Gasteiger partial charge in [-0.3, -0.25) is 0 Å². The van der Waals surface area contributed by atoms with Gasteiger partial charge in [-0.2, -0.15) is 0 Å². The first-order chi connectivity index (χ1) is 7.07. The molecule has 2 aliphatic rings. The average Bonchev–Trinajstić information content (AvgIpc) is 2.74. The molecule has 2 fully saturated rings. The van der Waals surface area contributed by atoms with Gasteiger partial charge in [0.25, 0.3) is 0 Å². The van der Waals surface area contributed by atoms with Crippen LogP contribution in [-0.2, 0) is 0 Å². The molecule has 2 rings (SSSR count). The summed E-state index contributed by atoms with van der Waals surface area (Å²) in [5.41, 5.74) is 0.515. The second-order valence-electron chi connectivity index (χ2n) is 6.32. The van der Waals surface area contributed by atoms with Gasteiger partial charge in [0.05, 0.1) is 0 Å². The van der Waals surface area contributed by atoms with Crippen LogP contribution in [0.3, 0.4) is 0 Å². The van der Waals surface area contributed by atoms with Gasteiger partial charge < -0.3 is 10.2 Å². The Morgan fingerprint density at radius 3 is 2.47 bits per heavy atom. The van der Waals surface area contributed by atoms with Crippen molar-refractivity contribution in [3.8, 4) is 0 Å². The van der Waals surface area contributed by atoms with Crippen LogP contribution in [0.15, 0.2) is 0 Å². The van der Waals surface area contributed by atoms with E-state index in [2.05, 4.69) is 31.1 Å². The molecular weight excluding hydrogens is 184 g/mol. The van der Waals surface area contributed by atoms with Crippen molar-refractivity contribution in [1.82, 2.24) is 10.2 Å². The third-order valence-electron chi connectivity index (χ3n) is 4.12. The van der Waals surface area contributed by atoms with Gasteiger partial charge in [-0.25, -0.2) is 0 Å². The molecule has 0 aromatic heterocycles. The Morgan fingerprint density at radius 2 is 1.93 bits per heavy atom. The molecule has 1 atom stereocenters. The summed E-state index contributed by atoms with van der Waals surface area (Å²) < 4.78 is 0. The molecule has 2 heteroatoms. The van der Waals surface area contributed by atoms with E-state index in [1.807, 2.05) is 0 Å². The Balaban J connectivity index is 1.77. The van der Waals surface area contributed by atoms with E-state index in [4.69, 9.17) is 0 Å². The molecule has 1 unspecified atom stereocenters. The van der Waals surface area contributed by atoms with E-state index < -0.39 is 0 Å². The molecule has 1 aliphatic heterocycles. The summed E-state index contributed by atoms with van der Waals surface area (Å²) in [5, 5.41) is 3.66. The Morgan fingerprint density at radius 1 is 1.27 bits per heavy atom. The predicted molar refractivity (Wildman–Crippen MR) is 65.1 cm³/mol. The first-order valence-corrected chi connectivity index (χ1v) is 6.50. The molecule has 2 nitrogen and oxygen atoms in total. The van der Waals surface area contributed by atoms with Crippen LogP contribution in [0.25, 0.3) is 0 Å². The van der Waals surface area contributed by atoms with Crippen LogP contribution in [0.5, 0.6) is 0 Å². The van der Waals surface area contributed by atoms with Crippen molar-refractivity contribution < 1.29 is 0 Å². The van der Waals surface area contributed by atoms with Gasteiger partial charge in [-0.05, 0) is 31.7 Å². The maximum Gasteiger partial charge on any atom is 0.0200 e. The van der Waals surface area contributed by atoms with Gasteiger partial charge in [-0.1, -0.05) is 26.7 Å². The monoisotopic (exact) mass is 210 g/mol. The van der Waals surface area contributed by atoms with Crippen LogP contribution in [0.2, 0.25) is 0 Å². The van der Waals surface area contributed by atoms with E-state index in [-0.39, 0.29) is 0 Å². The number of nitrogens with one attached hydrogen (secondary N) is 1. The molecule has 1 saturated carbocycles. The van der Waals surface area contributed by atoms with E-state index in [1.165, 1.54) is 45.2 Å². The summed E-state index contributed by atoms with van der Waals surface area (Å²) in [6, 6.07) is 1.60. The Labute approximate surface area is 94.4 Å². The van der Waals surface area contributed by atoms with Crippen LogP contribution >= 0.6 is 0 Å². The fraction of sp³-hybridized carbons (Fsp3) is 1.00. The maximum absolute atomic E-state index is 3.66. The Hall–Kier alpha value is -0.0800. The third kappa shape index (κ3) is 2.94. The van der Waals surface area contributed by atoms with Crippen molar-refractivity contribution in [2.75, 3.05) is 20.1 Å². The molecule has 0 radical (unpaired) electrons. The average molecular weight is 210 g/mol. The summed E-state index contributed by atoms with van der Waals surface area (Å²) in [6.45, 7) is 7.18. The molecule has 88 valence electrons. The molecule has 0 aromatic carbocycles. The standard InChI is InChI=1S/C13H26N2/c1-13(2)8-11(14-10-13)9-15(3)12-6-4-5-7-12/h11-12,14H,4-10H2,1-3H3. The second kappa shape index (κ2) is 4.42. The lowest BCUT2D eigenvalue weighted by molar-refractivity contribution is 0.221. The van der Waals surface area contributed by atoms with E-state index in [1.54, 1.807) is 0 Å². The summed E-state index contributed by atoms with van der Waals surface area (Å²) in [4.78, 5) is 2.59. The summed E-state index contributed by atoms with van der Waals surface area (Å²) >= 11 is 0. The van der Waals surface area contributed by atoms with E-state index >= 15 is 0 Å². The smallest absolute Gasteiger partial charge is 0.0200 e. The summed E-state index contributed by atoms with van der Waals surface area (Å²) in [5.74, 6) is 0. The Kier molecular flexibility index (Phi) is 3.36. The zero-order chi connectivity index (χ0) is 10.9. The molecule has 1 heterocycles. The zero-order valence-corrected chi connectivity index (χ0v) is 10.6. The molecule has 0 bridgehead atoms. The van der Waals surface area contributed by atoms with E-state index in [0.29, 0.717) is 5.41 Å². The predicted octanol–water partition coefficient (Wildman–Crippen LogP) is 2.25. The van der Waals surface area contributed by atoms with Crippen LogP contribution in [0, 0.1) is 5.41 Å². The molecule has 0 aromatic rings. The normalized spacial score (nSPS) is 31.6. The van der Waals surface area contributed by atoms with Crippen LogP contribution in [0.4, 0.5) is 0 Å². The molecule has 0 amide bonds. The van der Waals surface area contributed by atoms with Gasteiger partial charge in [0.2, 0.25) is 0 Å². The van der Waals surface area contributed by atoms with Crippen molar-refractivity contribution in [1.29, 1.82) is 0 Å². The molecule has 1 aliphatic carbocycles. The minimum atomic E-state index is 0.515. The van der Waals surface area contributed by atoms with Crippen LogP contribution < -0.4 is 5.32 Å².